The molecule has 0 bridgehead atoms. The molecule has 0 aliphatic carbocycles. The lowest BCUT2D eigenvalue weighted by Gasteiger charge is -2.14. The van der Waals surface area contributed by atoms with Gasteiger partial charge in [-0.15, -0.1) is 0 Å². The molecule has 2 aromatic rings. The Labute approximate surface area is 112 Å². The van der Waals surface area contributed by atoms with E-state index >= 15 is 0 Å². The van der Waals surface area contributed by atoms with Crippen LogP contribution in [0.2, 0.25) is 0 Å². The summed E-state index contributed by atoms with van der Waals surface area (Å²) in [6.45, 7) is 5.75. The number of pyridine rings is 1. The highest BCUT2D eigenvalue weighted by atomic mass is 16.3. The molecule has 6 nitrogen and oxygen atoms in total. The van der Waals surface area contributed by atoms with Crippen molar-refractivity contribution in [3.8, 4) is 0 Å². The maximum Gasteiger partial charge on any atom is 0.223 e. The Morgan fingerprint density at radius 3 is 2.53 bits per heavy atom. The van der Waals surface area contributed by atoms with Crippen LogP contribution in [0.15, 0.2) is 12.3 Å². The fourth-order valence-electron chi connectivity index (χ4n) is 1.77. The molecule has 0 radical (unpaired) electrons. The van der Waals surface area contributed by atoms with Crippen molar-refractivity contribution in [1.82, 2.24) is 15.0 Å². The van der Waals surface area contributed by atoms with E-state index in [0.29, 0.717) is 17.5 Å². The number of aliphatic hydroxyl groups excluding tert-OH is 1. The molecule has 0 amide bonds. The van der Waals surface area contributed by atoms with Gasteiger partial charge in [0.25, 0.3) is 0 Å². The summed E-state index contributed by atoms with van der Waals surface area (Å²) in [6.07, 6.45) is 1.11. The predicted octanol–water partition coefficient (Wildman–Crippen LogP) is 1.94. The van der Waals surface area contributed by atoms with Crippen LogP contribution in [0.4, 0.5) is 11.8 Å². The van der Waals surface area contributed by atoms with Crippen molar-refractivity contribution in [2.24, 2.45) is 0 Å². The third-order valence-corrected chi connectivity index (χ3v) is 2.66. The van der Waals surface area contributed by atoms with Gasteiger partial charge in [0.2, 0.25) is 5.95 Å². The second kappa shape index (κ2) is 5.36. The summed E-state index contributed by atoms with van der Waals surface area (Å²) in [5, 5.41) is 16.7. The fraction of sp³-hybridized carbons (Fsp3) is 0.462. The van der Waals surface area contributed by atoms with Crippen molar-refractivity contribution < 1.29 is 5.11 Å². The van der Waals surface area contributed by atoms with Gasteiger partial charge in [-0.05, 0) is 26.8 Å². The molecule has 2 heterocycles. The Morgan fingerprint density at radius 2 is 1.95 bits per heavy atom. The zero-order valence-electron chi connectivity index (χ0n) is 11.6. The third-order valence-electron chi connectivity index (χ3n) is 2.66. The standard InChI is InChI=1S/C13H19N5O/c1-7(2)16-12-11-9(5-10(17-12)8(3)19)6-15-13(14-4)18-11/h5-8,19H,1-4H3,(H,16,17)(H,14,15,18)/t8-/m1/s1. The number of hydrogen-bond acceptors (Lipinski definition) is 6. The molecular weight excluding hydrogens is 242 g/mol. The van der Waals surface area contributed by atoms with Crippen LogP contribution in [0.1, 0.15) is 32.6 Å². The van der Waals surface area contributed by atoms with E-state index in [9.17, 15) is 5.11 Å². The Hall–Kier alpha value is -1.95. The summed E-state index contributed by atoms with van der Waals surface area (Å²) in [7, 11) is 1.77. The molecule has 2 rings (SSSR count). The number of anilines is 2. The molecule has 2 aromatic heterocycles. The first-order valence-electron chi connectivity index (χ1n) is 6.31. The Kier molecular flexibility index (Phi) is 3.80. The highest BCUT2D eigenvalue weighted by Gasteiger charge is 2.12. The Morgan fingerprint density at radius 1 is 1.21 bits per heavy atom. The smallest absolute Gasteiger partial charge is 0.223 e. The molecule has 0 spiro atoms. The van der Waals surface area contributed by atoms with Gasteiger partial charge in [-0.3, -0.25) is 0 Å². The zero-order chi connectivity index (χ0) is 14.0. The van der Waals surface area contributed by atoms with Crippen molar-refractivity contribution in [2.45, 2.75) is 32.9 Å². The quantitative estimate of drug-likeness (QED) is 0.780. The largest absolute Gasteiger partial charge is 0.387 e. The van der Waals surface area contributed by atoms with Crippen molar-refractivity contribution in [3.63, 3.8) is 0 Å². The normalized spacial score (nSPS) is 12.7. The van der Waals surface area contributed by atoms with Crippen LogP contribution in [0.3, 0.4) is 0 Å². The second-order valence-electron chi connectivity index (χ2n) is 4.75. The minimum Gasteiger partial charge on any atom is -0.387 e. The van der Waals surface area contributed by atoms with Crippen LogP contribution >= 0.6 is 0 Å². The molecular formula is C13H19N5O. The highest BCUT2D eigenvalue weighted by Crippen LogP contribution is 2.24. The summed E-state index contributed by atoms with van der Waals surface area (Å²) >= 11 is 0. The van der Waals surface area contributed by atoms with E-state index in [4.69, 9.17) is 0 Å². The van der Waals surface area contributed by atoms with Gasteiger partial charge in [0.1, 0.15) is 5.52 Å². The number of hydrogen-bond donors (Lipinski definition) is 3. The van der Waals surface area contributed by atoms with Crippen LogP contribution in [0.5, 0.6) is 0 Å². The van der Waals surface area contributed by atoms with Gasteiger partial charge in [-0.1, -0.05) is 0 Å². The predicted molar refractivity (Wildman–Crippen MR) is 76.3 cm³/mol. The first-order chi connectivity index (χ1) is 9.01. The molecule has 6 heteroatoms. The summed E-state index contributed by atoms with van der Waals surface area (Å²) < 4.78 is 0. The minimum absolute atomic E-state index is 0.230. The first-order valence-corrected chi connectivity index (χ1v) is 6.31. The van der Waals surface area contributed by atoms with Gasteiger partial charge < -0.3 is 15.7 Å². The van der Waals surface area contributed by atoms with E-state index < -0.39 is 6.10 Å². The first kappa shape index (κ1) is 13.5. The number of nitrogens with zero attached hydrogens (tertiary/aromatic N) is 3. The third kappa shape index (κ3) is 2.90. The van der Waals surface area contributed by atoms with Gasteiger partial charge in [-0.25, -0.2) is 15.0 Å². The molecule has 0 unspecified atom stereocenters. The highest BCUT2D eigenvalue weighted by molar-refractivity contribution is 5.88. The van der Waals surface area contributed by atoms with E-state index in [1.165, 1.54) is 0 Å². The number of fused-ring (bicyclic) bond motifs is 1. The van der Waals surface area contributed by atoms with Gasteiger partial charge in [0.05, 0.1) is 11.8 Å². The number of aliphatic hydroxyl groups is 1. The SMILES string of the molecule is CNc1ncc2cc([C@@H](C)O)nc(NC(C)C)c2n1. The molecule has 0 aliphatic heterocycles. The Balaban J connectivity index is 2.63. The number of nitrogens with one attached hydrogen (secondary N) is 2. The lowest BCUT2D eigenvalue weighted by molar-refractivity contribution is 0.194. The van der Waals surface area contributed by atoms with Gasteiger partial charge in [0.15, 0.2) is 5.82 Å². The topological polar surface area (TPSA) is 83.0 Å². The van der Waals surface area contributed by atoms with Crippen LogP contribution in [-0.4, -0.2) is 33.1 Å². The number of aromatic nitrogens is 3. The fourth-order valence-corrected chi connectivity index (χ4v) is 1.77. The van der Waals surface area contributed by atoms with Crippen LogP contribution in [0, 0.1) is 0 Å². The summed E-state index contributed by atoms with van der Waals surface area (Å²) in [5.41, 5.74) is 1.36. The van der Waals surface area contributed by atoms with Crippen molar-refractivity contribution in [2.75, 3.05) is 17.7 Å². The Bertz CT molecular complexity index is 583. The average Bonchev–Trinajstić information content (AvgIpc) is 2.37. The van der Waals surface area contributed by atoms with Gasteiger partial charge in [0, 0.05) is 24.7 Å². The molecule has 0 aliphatic rings. The maximum atomic E-state index is 9.70. The lowest BCUT2D eigenvalue weighted by atomic mass is 10.2. The van der Waals surface area contributed by atoms with Crippen LogP contribution in [-0.2, 0) is 0 Å². The van der Waals surface area contributed by atoms with E-state index in [2.05, 4.69) is 25.6 Å². The molecule has 1 atom stereocenters. The van der Waals surface area contributed by atoms with Crippen molar-refractivity contribution >= 4 is 22.7 Å². The summed E-state index contributed by atoms with van der Waals surface area (Å²) in [4.78, 5) is 13.0. The summed E-state index contributed by atoms with van der Waals surface area (Å²) in [6, 6.07) is 2.04. The molecule has 0 aromatic carbocycles. The van der Waals surface area contributed by atoms with E-state index in [1.807, 2.05) is 19.9 Å². The van der Waals surface area contributed by atoms with Crippen LogP contribution < -0.4 is 10.6 Å². The molecule has 3 N–H and O–H groups in total. The van der Waals surface area contributed by atoms with Gasteiger partial charge in [-0.2, -0.15) is 0 Å². The van der Waals surface area contributed by atoms with Gasteiger partial charge >= 0.3 is 0 Å². The second-order valence-corrected chi connectivity index (χ2v) is 4.75. The molecule has 0 saturated heterocycles. The lowest BCUT2D eigenvalue weighted by Crippen LogP contribution is -2.13. The minimum atomic E-state index is -0.624. The average molecular weight is 261 g/mol. The molecule has 102 valence electrons. The molecule has 19 heavy (non-hydrogen) atoms. The number of rotatable bonds is 4. The maximum absolute atomic E-state index is 9.70. The molecule has 0 saturated carbocycles. The van der Waals surface area contributed by atoms with Crippen LogP contribution in [0.25, 0.3) is 10.9 Å². The van der Waals surface area contributed by atoms with Crippen molar-refractivity contribution in [3.05, 3.63) is 18.0 Å². The zero-order valence-corrected chi connectivity index (χ0v) is 11.6. The van der Waals surface area contributed by atoms with E-state index in [0.717, 1.165) is 10.9 Å². The molecule has 0 fully saturated rings. The van der Waals surface area contributed by atoms with Crippen molar-refractivity contribution in [1.29, 1.82) is 0 Å². The monoisotopic (exact) mass is 261 g/mol. The summed E-state index contributed by atoms with van der Waals surface area (Å²) in [5.74, 6) is 1.22. The van der Waals surface area contributed by atoms with E-state index in [-0.39, 0.29) is 6.04 Å². The van der Waals surface area contributed by atoms with E-state index in [1.54, 1.807) is 20.2 Å².